The highest BCUT2D eigenvalue weighted by Gasteiger charge is 2.33. The van der Waals surface area contributed by atoms with Crippen LogP contribution in [-0.2, 0) is 6.54 Å². The molecule has 0 saturated heterocycles. The normalized spacial score (nSPS) is 13.0. The first-order chi connectivity index (χ1) is 13.0. The number of urea groups is 1. The zero-order valence-electron chi connectivity index (χ0n) is 15.2. The van der Waals surface area contributed by atoms with E-state index in [-0.39, 0.29) is 23.4 Å². The molecule has 1 N–H and O–H groups in total. The summed E-state index contributed by atoms with van der Waals surface area (Å²) in [6.07, 6.45) is 1.85. The number of nitro benzene ring substituents is 1. The largest absolute Gasteiger partial charge is 0.497 e. The van der Waals surface area contributed by atoms with E-state index in [2.05, 4.69) is 5.32 Å². The molecule has 0 unspecified atom stereocenters. The number of hydrogen-bond acceptors (Lipinski definition) is 5. The fraction of sp³-hybridized carbons (Fsp3) is 0.316. The molecule has 142 valence electrons. The third-order valence-corrected chi connectivity index (χ3v) is 4.40. The van der Waals surface area contributed by atoms with E-state index in [4.69, 9.17) is 9.47 Å². The van der Waals surface area contributed by atoms with Crippen molar-refractivity contribution in [2.24, 2.45) is 0 Å². The van der Waals surface area contributed by atoms with Gasteiger partial charge in [0.1, 0.15) is 17.2 Å². The SMILES string of the molecule is COc1ccc(CN(C(=O)Nc2ccc(OC)cc2[N+](=O)[O-])C2CC2)cc1. The number of methoxy groups -OCH3 is 2. The maximum Gasteiger partial charge on any atom is 0.322 e. The number of nitrogens with zero attached hydrogens (tertiary/aromatic N) is 2. The Kier molecular flexibility index (Phi) is 5.44. The first kappa shape index (κ1) is 18.5. The van der Waals surface area contributed by atoms with Gasteiger partial charge < -0.3 is 19.7 Å². The van der Waals surface area contributed by atoms with Gasteiger partial charge in [0.25, 0.3) is 5.69 Å². The fourth-order valence-corrected chi connectivity index (χ4v) is 2.76. The lowest BCUT2D eigenvalue weighted by molar-refractivity contribution is -0.384. The van der Waals surface area contributed by atoms with Crippen molar-refractivity contribution in [2.75, 3.05) is 19.5 Å². The van der Waals surface area contributed by atoms with Gasteiger partial charge >= 0.3 is 6.03 Å². The summed E-state index contributed by atoms with van der Waals surface area (Å²) in [6, 6.07) is 11.6. The van der Waals surface area contributed by atoms with E-state index in [1.807, 2.05) is 24.3 Å². The van der Waals surface area contributed by atoms with E-state index < -0.39 is 4.92 Å². The number of rotatable bonds is 7. The second-order valence-corrected chi connectivity index (χ2v) is 6.28. The van der Waals surface area contributed by atoms with Gasteiger partial charge in [-0.1, -0.05) is 12.1 Å². The Morgan fingerprint density at radius 1 is 1.15 bits per heavy atom. The van der Waals surface area contributed by atoms with Gasteiger partial charge in [-0.25, -0.2) is 4.79 Å². The van der Waals surface area contributed by atoms with E-state index in [9.17, 15) is 14.9 Å². The highest BCUT2D eigenvalue weighted by atomic mass is 16.6. The Labute approximate surface area is 156 Å². The zero-order valence-corrected chi connectivity index (χ0v) is 15.2. The number of nitro groups is 1. The number of hydrogen-bond donors (Lipinski definition) is 1. The summed E-state index contributed by atoms with van der Waals surface area (Å²) in [6.45, 7) is 0.421. The van der Waals surface area contributed by atoms with Crippen LogP contribution in [0, 0.1) is 10.1 Å². The fourth-order valence-electron chi connectivity index (χ4n) is 2.76. The smallest absolute Gasteiger partial charge is 0.322 e. The van der Waals surface area contributed by atoms with Crippen LogP contribution in [0.1, 0.15) is 18.4 Å². The minimum atomic E-state index is -0.539. The van der Waals surface area contributed by atoms with E-state index in [1.165, 1.54) is 19.2 Å². The molecule has 27 heavy (non-hydrogen) atoms. The van der Waals surface area contributed by atoms with Gasteiger partial charge in [0.05, 0.1) is 25.2 Å². The summed E-state index contributed by atoms with van der Waals surface area (Å²) >= 11 is 0. The quantitative estimate of drug-likeness (QED) is 0.590. The lowest BCUT2D eigenvalue weighted by Crippen LogP contribution is -2.36. The van der Waals surface area contributed by atoms with Gasteiger partial charge in [-0.05, 0) is 42.7 Å². The van der Waals surface area contributed by atoms with Crippen LogP contribution in [0.2, 0.25) is 0 Å². The molecule has 0 aromatic heterocycles. The van der Waals surface area contributed by atoms with Crippen LogP contribution in [0.3, 0.4) is 0 Å². The molecule has 8 heteroatoms. The first-order valence-corrected chi connectivity index (χ1v) is 8.55. The van der Waals surface area contributed by atoms with Crippen molar-refractivity contribution in [3.8, 4) is 11.5 Å². The molecule has 0 bridgehead atoms. The minimum absolute atomic E-state index is 0.143. The van der Waals surface area contributed by atoms with Gasteiger partial charge in [0.15, 0.2) is 0 Å². The number of benzene rings is 2. The average molecular weight is 371 g/mol. The van der Waals surface area contributed by atoms with E-state index in [0.29, 0.717) is 12.3 Å². The van der Waals surface area contributed by atoms with Crippen LogP contribution in [0.25, 0.3) is 0 Å². The topological polar surface area (TPSA) is 93.9 Å². The molecule has 1 aliphatic carbocycles. The highest BCUT2D eigenvalue weighted by molar-refractivity contribution is 5.92. The third-order valence-electron chi connectivity index (χ3n) is 4.40. The van der Waals surface area contributed by atoms with Gasteiger partial charge in [-0.3, -0.25) is 10.1 Å². The Morgan fingerprint density at radius 2 is 1.78 bits per heavy atom. The monoisotopic (exact) mass is 371 g/mol. The van der Waals surface area contributed by atoms with Crippen molar-refractivity contribution < 1.29 is 19.2 Å². The molecule has 0 heterocycles. The Balaban J connectivity index is 1.77. The van der Waals surface area contributed by atoms with Crippen LogP contribution in [0.4, 0.5) is 16.2 Å². The van der Waals surface area contributed by atoms with Crippen molar-refractivity contribution in [1.82, 2.24) is 4.90 Å². The molecule has 0 aliphatic heterocycles. The second-order valence-electron chi connectivity index (χ2n) is 6.28. The van der Waals surface area contributed by atoms with E-state index in [1.54, 1.807) is 18.1 Å². The number of anilines is 1. The van der Waals surface area contributed by atoms with Crippen molar-refractivity contribution in [3.05, 3.63) is 58.1 Å². The average Bonchev–Trinajstić information content (AvgIpc) is 3.51. The van der Waals surface area contributed by atoms with Gasteiger partial charge in [0.2, 0.25) is 0 Å². The number of nitrogens with one attached hydrogen (secondary N) is 1. The summed E-state index contributed by atoms with van der Waals surface area (Å²) in [7, 11) is 3.03. The Hall–Kier alpha value is -3.29. The van der Waals surface area contributed by atoms with E-state index >= 15 is 0 Å². The van der Waals surface area contributed by atoms with Crippen molar-refractivity contribution >= 4 is 17.4 Å². The second kappa shape index (κ2) is 7.94. The van der Waals surface area contributed by atoms with Crippen molar-refractivity contribution in [2.45, 2.75) is 25.4 Å². The van der Waals surface area contributed by atoms with E-state index in [0.717, 1.165) is 24.2 Å². The standard InChI is InChI=1S/C19H21N3O5/c1-26-15-7-3-13(4-8-15)12-21(14-5-6-14)19(23)20-17-10-9-16(27-2)11-18(17)22(24)25/h3-4,7-11,14H,5-6,12H2,1-2H3,(H,20,23). The molecule has 1 fully saturated rings. The predicted molar refractivity (Wildman–Crippen MR) is 100 cm³/mol. The zero-order chi connectivity index (χ0) is 19.4. The summed E-state index contributed by atoms with van der Waals surface area (Å²) in [5.74, 6) is 1.10. The number of amides is 2. The summed E-state index contributed by atoms with van der Waals surface area (Å²) in [4.78, 5) is 25.3. The molecule has 2 amide bonds. The number of carbonyl (C=O) groups is 1. The molecule has 1 aliphatic rings. The molecule has 0 atom stereocenters. The van der Waals surface area contributed by atoms with Crippen LogP contribution in [-0.4, -0.2) is 36.1 Å². The Bertz CT molecular complexity index is 834. The van der Waals surface area contributed by atoms with Crippen LogP contribution >= 0.6 is 0 Å². The van der Waals surface area contributed by atoms with Crippen LogP contribution in [0.15, 0.2) is 42.5 Å². The van der Waals surface area contributed by atoms with Gasteiger partial charge in [-0.15, -0.1) is 0 Å². The maximum absolute atomic E-state index is 12.8. The molecule has 0 spiro atoms. The maximum atomic E-state index is 12.8. The molecule has 8 nitrogen and oxygen atoms in total. The molecule has 1 saturated carbocycles. The summed E-state index contributed by atoms with van der Waals surface area (Å²) in [5, 5.41) is 14.0. The molecule has 0 radical (unpaired) electrons. The van der Waals surface area contributed by atoms with Crippen molar-refractivity contribution in [1.29, 1.82) is 0 Å². The number of ether oxygens (including phenoxy) is 2. The minimum Gasteiger partial charge on any atom is -0.497 e. The molecular weight excluding hydrogens is 350 g/mol. The van der Waals surface area contributed by atoms with Gasteiger partial charge in [-0.2, -0.15) is 0 Å². The van der Waals surface area contributed by atoms with Crippen LogP contribution in [0.5, 0.6) is 11.5 Å². The summed E-state index contributed by atoms with van der Waals surface area (Å²) in [5.41, 5.74) is 0.899. The third kappa shape index (κ3) is 4.46. The molecule has 3 rings (SSSR count). The lowest BCUT2D eigenvalue weighted by atomic mass is 10.2. The first-order valence-electron chi connectivity index (χ1n) is 8.55. The lowest BCUT2D eigenvalue weighted by Gasteiger charge is -2.23. The highest BCUT2D eigenvalue weighted by Crippen LogP contribution is 2.32. The van der Waals surface area contributed by atoms with Crippen molar-refractivity contribution in [3.63, 3.8) is 0 Å². The molecule has 2 aromatic rings. The predicted octanol–water partition coefficient (Wildman–Crippen LogP) is 3.81. The Morgan fingerprint density at radius 3 is 2.33 bits per heavy atom. The number of carbonyl (C=O) groups excluding carboxylic acids is 1. The molecule has 2 aromatic carbocycles. The van der Waals surface area contributed by atoms with Gasteiger partial charge in [0, 0.05) is 12.6 Å². The van der Waals surface area contributed by atoms with Crippen LogP contribution < -0.4 is 14.8 Å². The summed E-state index contributed by atoms with van der Waals surface area (Å²) < 4.78 is 10.2. The molecular formula is C19H21N3O5.